The third-order valence-corrected chi connectivity index (χ3v) is 2.66. The Labute approximate surface area is 89.3 Å². The zero-order valence-corrected chi connectivity index (χ0v) is 10.5. The molecule has 1 nitrogen and oxygen atoms in total. The summed E-state index contributed by atoms with van der Waals surface area (Å²) in [7, 11) is 0. The Balaban J connectivity index is 3.55. The first-order chi connectivity index (χ1) is 6.35. The van der Waals surface area contributed by atoms with Crippen LogP contribution in [-0.4, -0.2) is 5.78 Å². The molecule has 0 aromatic carbocycles. The van der Waals surface area contributed by atoms with Crippen molar-refractivity contribution in [1.29, 1.82) is 0 Å². The minimum Gasteiger partial charge on any atom is -0.300 e. The van der Waals surface area contributed by atoms with Gasteiger partial charge in [0.25, 0.3) is 0 Å². The van der Waals surface area contributed by atoms with Gasteiger partial charge in [0.05, 0.1) is 0 Å². The first-order valence-corrected chi connectivity index (χ1v) is 5.87. The molecule has 0 fully saturated rings. The van der Waals surface area contributed by atoms with E-state index < -0.39 is 0 Å². The summed E-state index contributed by atoms with van der Waals surface area (Å²) in [5, 5.41) is 0. The van der Waals surface area contributed by atoms with Crippen LogP contribution in [0.4, 0.5) is 0 Å². The molecule has 0 spiro atoms. The van der Waals surface area contributed by atoms with E-state index in [0.29, 0.717) is 17.1 Å². The average molecular weight is 198 g/mol. The number of Topliss-reactive ketones (excluding diaryl/α,β-unsaturated/α-hetero) is 1. The topological polar surface area (TPSA) is 17.1 Å². The minimum atomic E-state index is 0.372. The van der Waals surface area contributed by atoms with E-state index in [4.69, 9.17) is 0 Å². The highest BCUT2D eigenvalue weighted by Crippen LogP contribution is 2.22. The molecule has 1 atom stereocenters. The first-order valence-electron chi connectivity index (χ1n) is 5.87. The van der Waals surface area contributed by atoms with Gasteiger partial charge in [-0.05, 0) is 24.2 Å². The second-order valence-corrected chi connectivity index (χ2v) is 5.67. The molecule has 84 valence electrons. The number of carbonyl (C=O) groups excluding carboxylic acids is 1. The third-order valence-electron chi connectivity index (χ3n) is 2.66. The van der Waals surface area contributed by atoms with E-state index in [-0.39, 0.29) is 0 Å². The Bertz CT molecular complexity index is 165. The second-order valence-electron chi connectivity index (χ2n) is 5.67. The summed E-state index contributed by atoms with van der Waals surface area (Å²) in [4.78, 5) is 11.5. The normalized spacial score (nSPS) is 14.1. The number of ketones is 1. The van der Waals surface area contributed by atoms with Gasteiger partial charge in [-0.25, -0.2) is 0 Å². The van der Waals surface area contributed by atoms with Crippen LogP contribution in [-0.2, 0) is 4.79 Å². The van der Waals surface area contributed by atoms with Crippen molar-refractivity contribution < 1.29 is 4.79 Å². The van der Waals surface area contributed by atoms with E-state index in [1.807, 2.05) is 0 Å². The molecule has 0 aromatic heterocycles. The molecular weight excluding hydrogens is 172 g/mol. The number of hydrogen-bond donors (Lipinski definition) is 0. The Kier molecular flexibility index (Phi) is 6.06. The summed E-state index contributed by atoms with van der Waals surface area (Å²) < 4.78 is 0. The summed E-state index contributed by atoms with van der Waals surface area (Å²) in [5.74, 6) is 1.01. The largest absolute Gasteiger partial charge is 0.300 e. The predicted molar refractivity (Wildman–Crippen MR) is 62.4 cm³/mol. The SMILES string of the molecule is CCC(C)CC(=O)CCCC(C)(C)C. The van der Waals surface area contributed by atoms with Crippen molar-refractivity contribution in [2.45, 2.75) is 66.7 Å². The van der Waals surface area contributed by atoms with Crippen molar-refractivity contribution >= 4 is 5.78 Å². The molecule has 0 saturated carbocycles. The van der Waals surface area contributed by atoms with Gasteiger partial charge in [0, 0.05) is 12.8 Å². The maximum Gasteiger partial charge on any atom is 0.133 e. The average Bonchev–Trinajstić information content (AvgIpc) is 2.01. The molecule has 0 amide bonds. The highest BCUT2D eigenvalue weighted by atomic mass is 16.1. The summed E-state index contributed by atoms with van der Waals surface area (Å²) >= 11 is 0. The van der Waals surface area contributed by atoms with Gasteiger partial charge in [0.15, 0.2) is 0 Å². The summed E-state index contributed by atoms with van der Waals surface area (Å²) in [6, 6.07) is 0. The maximum atomic E-state index is 11.5. The lowest BCUT2D eigenvalue weighted by atomic mass is 9.88. The predicted octanol–water partition coefficient (Wildman–Crippen LogP) is 4.21. The van der Waals surface area contributed by atoms with Gasteiger partial charge in [-0.3, -0.25) is 4.79 Å². The molecule has 14 heavy (non-hydrogen) atoms. The van der Waals surface area contributed by atoms with Crippen molar-refractivity contribution in [3.8, 4) is 0 Å². The number of carbonyl (C=O) groups is 1. The quantitative estimate of drug-likeness (QED) is 0.625. The van der Waals surface area contributed by atoms with Gasteiger partial charge in [0.2, 0.25) is 0 Å². The molecule has 1 heteroatoms. The molecule has 0 aromatic rings. The highest BCUT2D eigenvalue weighted by molar-refractivity contribution is 5.78. The van der Waals surface area contributed by atoms with Crippen molar-refractivity contribution in [1.82, 2.24) is 0 Å². The van der Waals surface area contributed by atoms with Crippen molar-refractivity contribution in [2.24, 2.45) is 11.3 Å². The van der Waals surface area contributed by atoms with Crippen LogP contribution in [0.1, 0.15) is 66.7 Å². The lowest BCUT2D eigenvalue weighted by Crippen LogP contribution is -2.08. The van der Waals surface area contributed by atoms with E-state index >= 15 is 0 Å². The monoisotopic (exact) mass is 198 g/mol. The molecule has 0 saturated heterocycles. The summed E-state index contributed by atoms with van der Waals surface area (Å²) in [6.07, 6.45) is 4.88. The number of hydrogen-bond acceptors (Lipinski definition) is 1. The Hall–Kier alpha value is -0.330. The summed E-state index contributed by atoms with van der Waals surface area (Å²) in [5.41, 5.74) is 0.372. The molecule has 0 heterocycles. The Morgan fingerprint density at radius 3 is 2.29 bits per heavy atom. The number of rotatable bonds is 6. The lowest BCUT2D eigenvalue weighted by Gasteiger charge is -2.17. The fourth-order valence-electron chi connectivity index (χ4n) is 1.45. The van der Waals surface area contributed by atoms with Gasteiger partial charge in [-0.2, -0.15) is 0 Å². The third kappa shape index (κ3) is 8.28. The molecule has 0 aliphatic rings. The molecule has 0 radical (unpaired) electrons. The molecule has 0 N–H and O–H groups in total. The molecule has 0 bridgehead atoms. The van der Waals surface area contributed by atoms with E-state index in [1.54, 1.807) is 0 Å². The fourth-order valence-corrected chi connectivity index (χ4v) is 1.45. The standard InChI is InChI=1S/C13H26O/c1-6-11(2)10-12(14)8-7-9-13(3,4)5/h11H,6-10H2,1-5H3. The van der Waals surface area contributed by atoms with Crippen molar-refractivity contribution in [2.75, 3.05) is 0 Å². The molecule has 0 aliphatic heterocycles. The lowest BCUT2D eigenvalue weighted by molar-refractivity contribution is -0.120. The van der Waals surface area contributed by atoms with Gasteiger partial charge >= 0.3 is 0 Å². The van der Waals surface area contributed by atoms with Crippen molar-refractivity contribution in [3.63, 3.8) is 0 Å². The zero-order chi connectivity index (χ0) is 11.2. The molecule has 0 rings (SSSR count). The van der Waals surface area contributed by atoms with Gasteiger partial charge in [-0.1, -0.05) is 41.0 Å². The molecule has 0 aliphatic carbocycles. The zero-order valence-electron chi connectivity index (χ0n) is 10.5. The van der Waals surface area contributed by atoms with Crippen LogP contribution in [0.25, 0.3) is 0 Å². The first kappa shape index (κ1) is 13.7. The van der Waals surface area contributed by atoms with E-state index in [2.05, 4.69) is 34.6 Å². The van der Waals surface area contributed by atoms with E-state index in [0.717, 1.165) is 32.1 Å². The van der Waals surface area contributed by atoms with Crippen LogP contribution in [0.15, 0.2) is 0 Å². The van der Waals surface area contributed by atoms with Crippen LogP contribution in [0.5, 0.6) is 0 Å². The highest BCUT2D eigenvalue weighted by Gasteiger charge is 2.12. The van der Waals surface area contributed by atoms with Crippen molar-refractivity contribution in [3.05, 3.63) is 0 Å². The second kappa shape index (κ2) is 6.21. The summed E-state index contributed by atoms with van der Waals surface area (Å²) in [6.45, 7) is 11.0. The minimum absolute atomic E-state index is 0.372. The van der Waals surface area contributed by atoms with Crippen LogP contribution in [0.3, 0.4) is 0 Å². The maximum absolute atomic E-state index is 11.5. The van der Waals surface area contributed by atoms with Crippen LogP contribution < -0.4 is 0 Å². The van der Waals surface area contributed by atoms with Gasteiger partial charge in [0.1, 0.15) is 5.78 Å². The fraction of sp³-hybridized carbons (Fsp3) is 0.923. The van der Waals surface area contributed by atoms with Gasteiger partial charge in [-0.15, -0.1) is 0 Å². The Morgan fingerprint density at radius 2 is 1.86 bits per heavy atom. The molecule has 1 unspecified atom stereocenters. The smallest absolute Gasteiger partial charge is 0.133 e. The van der Waals surface area contributed by atoms with Crippen LogP contribution in [0.2, 0.25) is 0 Å². The van der Waals surface area contributed by atoms with E-state index in [1.165, 1.54) is 0 Å². The van der Waals surface area contributed by atoms with Crippen LogP contribution in [0, 0.1) is 11.3 Å². The Morgan fingerprint density at radius 1 is 1.29 bits per heavy atom. The molecular formula is C13H26O. The van der Waals surface area contributed by atoms with Crippen LogP contribution >= 0.6 is 0 Å². The van der Waals surface area contributed by atoms with Gasteiger partial charge < -0.3 is 0 Å². The van der Waals surface area contributed by atoms with E-state index in [9.17, 15) is 4.79 Å².